The number of ether oxygens (including phenoxy) is 2. The highest BCUT2D eigenvalue weighted by Crippen LogP contribution is 2.39. The minimum atomic E-state index is -0.0521. The van der Waals surface area contributed by atoms with E-state index in [1.807, 2.05) is 30.3 Å². The van der Waals surface area contributed by atoms with E-state index in [0.717, 1.165) is 45.8 Å². The lowest BCUT2D eigenvalue weighted by Gasteiger charge is -2.24. The quantitative estimate of drug-likeness (QED) is 0.349. The monoisotopic (exact) mass is 504 g/mol. The first-order valence-electron chi connectivity index (χ1n) is 10.7. The summed E-state index contributed by atoms with van der Waals surface area (Å²) in [6, 6.07) is 9.54. The molecule has 0 fully saturated rings. The first-order valence-corrected chi connectivity index (χ1v) is 12.4. The first kappa shape index (κ1) is 23.7. The largest absolute Gasteiger partial charge is 0.486 e. The maximum Gasteiger partial charge on any atom is 0.260 e. The SMILES string of the molecule is CCN(CC)CCN(C(=O)c1ccc2ncsc2c1)c1nc2cc3c(cc2s1)OCCO3.Cl. The Morgan fingerprint density at radius 3 is 2.52 bits per heavy atom. The van der Waals surface area contributed by atoms with Crippen molar-refractivity contribution in [2.45, 2.75) is 13.8 Å². The summed E-state index contributed by atoms with van der Waals surface area (Å²) in [6.07, 6.45) is 0. The molecule has 1 aliphatic rings. The Morgan fingerprint density at radius 1 is 1.00 bits per heavy atom. The lowest BCUT2D eigenvalue weighted by atomic mass is 10.2. The van der Waals surface area contributed by atoms with Crippen LogP contribution in [0.1, 0.15) is 24.2 Å². The van der Waals surface area contributed by atoms with Gasteiger partial charge in [-0.3, -0.25) is 9.69 Å². The van der Waals surface area contributed by atoms with Crippen molar-refractivity contribution in [3.05, 3.63) is 41.4 Å². The number of aromatic nitrogens is 2. The second-order valence-electron chi connectivity index (χ2n) is 7.48. The van der Waals surface area contributed by atoms with Gasteiger partial charge in [-0.05, 0) is 31.3 Å². The molecule has 2 aromatic carbocycles. The number of benzene rings is 2. The lowest BCUT2D eigenvalue weighted by molar-refractivity contribution is 0.0984. The summed E-state index contributed by atoms with van der Waals surface area (Å²) >= 11 is 3.04. The molecule has 1 aliphatic heterocycles. The van der Waals surface area contributed by atoms with Crippen LogP contribution < -0.4 is 14.4 Å². The molecule has 0 saturated heterocycles. The fraction of sp³-hybridized carbons (Fsp3) is 0.348. The number of fused-ring (bicyclic) bond motifs is 3. The van der Waals surface area contributed by atoms with Crippen molar-refractivity contribution in [1.82, 2.24) is 14.9 Å². The van der Waals surface area contributed by atoms with Crippen molar-refractivity contribution in [1.29, 1.82) is 0 Å². The van der Waals surface area contributed by atoms with Gasteiger partial charge >= 0.3 is 0 Å². The van der Waals surface area contributed by atoms with Crippen molar-refractivity contribution in [3.63, 3.8) is 0 Å². The van der Waals surface area contributed by atoms with E-state index in [1.165, 1.54) is 22.7 Å². The fourth-order valence-electron chi connectivity index (χ4n) is 3.78. The van der Waals surface area contributed by atoms with Crippen LogP contribution in [0.4, 0.5) is 5.13 Å². The number of thiazole rings is 2. The third-order valence-electron chi connectivity index (χ3n) is 5.63. The summed E-state index contributed by atoms with van der Waals surface area (Å²) in [5.74, 6) is 1.39. The van der Waals surface area contributed by atoms with E-state index in [2.05, 4.69) is 23.7 Å². The predicted octanol–water partition coefficient (Wildman–Crippen LogP) is 5.09. The Morgan fingerprint density at radius 2 is 1.76 bits per heavy atom. The number of rotatable bonds is 7. The molecular weight excluding hydrogens is 480 g/mol. The Labute approximate surface area is 206 Å². The summed E-state index contributed by atoms with van der Waals surface area (Å²) in [7, 11) is 0. The van der Waals surface area contributed by atoms with Gasteiger partial charge in [0.2, 0.25) is 0 Å². The Hall–Kier alpha value is -2.46. The minimum absolute atomic E-state index is 0. The van der Waals surface area contributed by atoms with Gasteiger partial charge in [0.25, 0.3) is 5.91 Å². The van der Waals surface area contributed by atoms with E-state index < -0.39 is 0 Å². The van der Waals surface area contributed by atoms with Crippen LogP contribution in [0.25, 0.3) is 20.4 Å². The van der Waals surface area contributed by atoms with Gasteiger partial charge in [0.05, 0.1) is 25.9 Å². The number of carbonyl (C=O) groups is 1. The highest BCUT2D eigenvalue weighted by molar-refractivity contribution is 7.22. The third-order valence-corrected chi connectivity index (χ3v) is 7.46. The van der Waals surface area contributed by atoms with Crippen molar-refractivity contribution in [2.75, 3.05) is 44.3 Å². The van der Waals surface area contributed by atoms with Crippen LogP contribution >= 0.6 is 35.1 Å². The minimum Gasteiger partial charge on any atom is -0.486 e. The van der Waals surface area contributed by atoms with Crippen LogP contribution in [-0.4, -0.2) is 60.2 Å². The molecule has 7 nitrogen and oxygen atoms in total. The maximum atomic E-state index is 13.6. The normalized spacial score (nSPS) is 12.8. The standard InChI is InChI=1S/C23H24N4O3S2.ClH/c1-3-26(4-2)7-8-27(22(28)15-5-6-16-20(11-15)31-14-24-16)23-25-17-12-18-19(13-21(17)32-23)30-10-9-29-18;/h5-6,11-14H,3-4,7-10H2,1-2H3;1H. The van der Waals surface area contributed by atoms with Crippen molar-refractivity contribution in [3.8, 4) is 11.5 Å². The number of likely N-dealkylation sites (N-methyl/N-ethyl adjacent to an activating group) is 1. The van der Waals surface area contributed by atoms with Gasteiger partial charge in [0, 0.05) is 30.8 Å². The van der Waals surface area contributed by atoms with E-state index >= 15 is 0 Å². The Balaban J connectivity index is 0.00000259. The Kier molecular flexibility index (Phi) is 7.33. The molecule has 0 spiro atoms. The number of hydrogen-bond acceptors (Lipinski definition) is 8. The highest BCUT2D eigenvalue weighted by atomic mass is 35.5. The predicted molar refractivity (Wildman–Crippen MR) is 137 cm³/mol. The van der Waals surface area contributed by atoms with Crippen LogP contribution in [0.3, 0.4) is 0 Å². The molecule has 0 saturated carbocycles. The molecule has 174 valence electrons. The summed E-state index contributed by atoms with van der Waals surface area (Å²) in [6.45, 7) is 8.56. The molecule has 2 aromatic heterocycles. The molecule has 0 atom stereocenters. The molecule has 0 N–H and O–H groups in total. The van der Waals surface area contributed by atoms with Crippen LogP contribution in [0.2, 0.25) is 0 Å². The summed E-state index contributed by atoms with van der Waals surface area (Å²) < 4.78 is 13.4. The third kappa shape index (κ3) is 4.77. The van der Waals surface area contributed by atoms with Crippen molar-refractivity contribution >= 4 is 66.6 Å². The first-order chi connectivity index (χ1) is 15.7. The highest BCUT2D eigenvalue weighted by Gasteiger charge is 2.24. The number of anilines is 1. The maximum absolute atomic E-state index is 13.6. The Bertz CT molecular complexity index is 1230. The van der Waals surface area contributed by atoms with Crippen LogP contribution in [0.5, 0.6) is 11.5 Å². The summed E-state index contributed by atoms with van der Waals surface area (Å²) in [4.78, 5) is 26.9. The van der Waals surface area contributed by atoms with Gasteiger partial charge in [0.15, 0.2) is 16.6 Å². The molecular formula is C23H25ClN4O3S2. The molecule has 5 rings (SSSR count). The van der Waals surface area contributed by atoms with Gasteiger partial charge in [0.1, 0.15) is 13.2 Å². The van der Waals surface area contributed by atoms with Gasteiger partial charge < -0.3 is 14.4 Å². The molecule has 0 unspecified atom stereocenters. The number of nitrogens with zero attached hydrogens (tertiary/aromatic N) is 4. The lowest BCUT2D eigenvalue weighted by Crippen LogP contribution is -2.38. The van der Waals surface area contributed by atoms with Gasteiger partial charge in [-0.15, -0.1) is 23.7 Å². The average Bonchev–Trinajstić information content (AvgIpc) is 3.45. The second-order valence-corrected chi connectivity index (χ2v) is 9.37. The van der Waals surface area contributed by atoms with Gasteiger partial charge in [-0.25, -0.2) is 9.97 Å². The fourth-order valence-corrected chi connectivity index (χ4v) is 5.49. The summed E-state index contributed by atoms with van der Waals surface area (Å²) in [5.41, 5.74) is 4.17. The number of halogens is 1. The number of carbonyl (C=O) groups excluding carboxylic acids is 1. The zero-order chi connectivity index (χ0) is 22.1. The molecule has 0 aliphatic carbocycles. The molecule has 33 heavy (non-hydrogen) atoms. The number of hydrogen-bond donors (Lipinski definition) is 0. The summed E-state index contributed by atoms with van der Waals surface area (Å²) in [5, 5.41) is 0.684. The van der Waals surface area contributed by atoms with Crippen LogP contribution in [0, 0.1) is 0 Å². The zero-order valence-corrected chi connectivity index (χ0v) is 20.9. The smallest absolute Gasteiger partial charge is 0.260 e. The van der Waals surface area contributed by atoms with Crippen LogP contribution in [0.15, 0.2) is 35.8 Å². The molecule has 4 aromatic rings. The van der Waals surface area contributed by atoms with E-state index in [1.54, 1.807) is 10.4 Å². The topological polar surface area (TPSA) is 67.8 Å². The molecule has 1 amide bonds. The average molecular weight is 505 g/mol. The zero-order valence-electron chi connectivity index (χ0n) is 18.4. The molecule has 10 heteroatoms. The van der Waals surface area contributed by atoms with E-state index in [0.29, 0.717) is 36.2 Å². The molecule has 0 bridgehead atoms. The van der Waals surface area contributed by atoms with E-state index in [9.17, 15) is 4.79 Å². The van der Waals surface area contributed by atoms with E-state index in [4.69, 9.17) is 14.5 Å². The van der Waals surface area contributed by atoms with Crippen LogP contribution in [-0.2, 0) is 0 Å². The molecule has 3 heterocycles. The van der Waals surface area contributed by atoms with Crippen molar-refractivity contribution < 1.29 is 14.3 Å². The number of amides is 1. The van der Waals surface area contributed by atoms with Gasteiger partial charge in [-0.1, -0.05) is 25.2 Å². The van der Waals surface area contributed by atoms with Crippen molar-refractivity contribution in [2.24, 2.45) is 0 Å². The van der Waals surface area contributed by atoms with E-state index in [-0.39, 0.29) is 18.3 Å². The molecule has 0 radical (unpaired) electrons. The second kappa shape index (κ2) is 10.2. The van der Waals surface area contributed by atoms with Gasteiger partial charge in [-0.2, -0.15) is 0 Å².